The smallest absolute Gasteiger partial charge is 0.307 e. The van der Waals surface area contributed by atoms with Crippen molar-refractivity contribution in [2.24, 2.45) is 0 Å². The quantitative estimate of drug-likeness (QED) is 0.0247. The van der Waals surface area contributed by atoms with Crippen molar-refractivity contribution in [1.82, 2.24) is 9.80 Å². The van der Waals surface area contributed by atoms with Crippen LogP contribution in [-0.2, 0) is 57.0 Å². The van der Waals surface area contributed by atoms with Crippen molar-refractivity contribution in [3.8, 4) is 0 Å². The summed E-state index contributed by atoms with van der Waals surface area (Å²) in [5.41, 5.74) is 0. The first-order valence-electron chi connectivity index (χ1n) is 26.6. The predicted octanol–water partition coefficient (Wildman–Crippen LogP) is 9.46. The number of carbonyl (C=O) groups is 3. The first-order chi connectivity index (χ1) is 32.9. The van der Waals surface area contributed by atoms with Crippen molar-refractivity contribution in [2.45, 2.75) is 168 Å². The van der Waals surface area contributed by atoms with Crippen molar-refractivity contribution >= 4 is 17.9 Å². The van der Waals surface area contributed by atoms with Crippen LogP contribution in [0, 0.1) is 0 Å². The summed E-state index contributed by atoms with van der Waals surface area (Å²) in [6.45, 7) is 15.4. The zero-order valence-corrected chi connectivity index (χ0v) is 42.9. The number of hydrogen-bond donors (Lipinski definition) is 0. The van der Waals surface area contributed by atoms with E-state index >= 15 is 0 Å². The number of carbonyl (C=O) groups excluding carboxylic acids is 3. The van der Waals surface area contributed by atoms with Gasteiger partial charge in [0.15, 0.2) is 0 Å². The summed E-state index contributed by atoms with van der Waals surface area (Å²) < 4.78 is 50.9. The van der Waals surface area contributed by atoms with Gasteiger partial charge < -0.3 is 52.4 Å². The molecule has 0 aliphatic carbocycles. The summed E-state index contributed by atoms with van der Waals surface area (Å²) in [6, 6.07) is 0. The lowest BCUT2D eigenvalue weighted by atomic mass is 10.1. The van der Waals surface area contributed by atoms with Gasteiger partial charge in [-0.05, 0) is 58.4 Å². The molecule has 0 aromatic heterocycles. The Morgan fingerprint density at radius 1 is 0.433 bits per heavy atom. The fourth-order valence-electron chi connectivity index (χ4n) is 7.17. The molecular weight excluding hydrogens is 857 g/mol. The molecule has 1 fully saturated rings. The van der Waals surface area contributed by atoms with Gasteiger partial charge in [0.2, 0.25) is 0 Å². The van der Waals surface area contributed by atoms with E-state index in [1.54, 1.807) is 0 Å². The summed E-state index contributed by atoms with van der Waals surface area (Å²) in [5.74, 6) is -0.418. The second-order valence-electron chi connectivity index (χ2n) is 17.6. The Hall–Kier alpha value is -2.43. The summed E-state index contributed by atoms with van der Waals surface area (Å²) in [7, 11) is 2.12. The minimum absolute atomic E-state index is 0.115. The van der Waals surface area contributed by atoms with Crippen molar-refractivity contribution in [1.29, 1.82) is 0 Å². The molecule has 1 aliphatic heterocycles. The number of ether oxygens (including phenoxy) is 9. The molecule has 0 saturated carbocycles. The van der Waals surface area contributed by atoms with Crippen molar-refractivity contribution in [3.63, 3.8) is 0 Å². The summed E-state index contributed by atoms with van der Waals surface area (Å²) in [4.78, 5) is 40.7. The fourth-order valence-corrected chi connectivity index (χ4v) is 7.17. The van der Waals surface area contributed by atoms with E-state index in [-0.39, 0.29) is 30.6 Å². The van der Waals surface area contributed by atoms with Crippen LogP contribution in [0.2, 0.25) is 0 Å². The number of nitrogens with zero attached hydrogens (tertiary/aromatic N) is 2. The Kier molecular flexibility index (Phi) is 46.7. The van der Waals surface area contributed by atoms with E-state index in [1.807, 2.05) is 12.2 Å². The largest absolute Gasteiger partial charge is 0.463 e. The molecule has 1 heterocycles. The number of hydrogen-bond acceptors (Lipinski definition) is 14. The maximum Gasteiger partial charge on any atom is 0.307 e. The Morgan fingerprint density at radius 3 is 1.40 bits per heavy atom. The van der Waals surface area contributed by atoms with Crippen molar-refractivity contribution < 1.29 is 57.0 Å². The molecule has 1 rings (SSSR count). The number of unbranched alkanes of at least 4 members (excludes halogenated alkanes) is 16. The highest BCUT2D eigenvalue weighted by atomic mass is 16.6. The van der Waals surface area contributed by atoms with Gasteiger partial charge in [0.05, 0.1) is 65.9 Å². The standard InChI is InChI=1S/C53H98N2O12/c1-4-6-8-10-12-19-26-38-65-51(56)28-22-16-14-18-24-36-62-48-50(64-37-25-21-15-17-23-29-52(57)66-39-27-20-13-11-9-7-5-2)49-63-45-44-60-41-40-59-42-43-61-46-47-67-53(58)30-31-55-34-32-54(3)33-35-55/h19-20,26-27,50H,4-18,21-25,28-49H2,1-3H3/b26-19-,27-20-. The van der Waals surface area contributed by atoms with E-state index in [0.717, 1.165) is 110 Å². The maximum absolute atomic E-state index is 12.1. The summed E-state index contributed by atoms with van der Waals surface area (Å²) in [5, 5.41) is 0. The van der Waals surface area contributed by atoms with E-state index in [0.29, 0.717) is 105 Å². The molecule has 0 aromatic carbocycles. The average Bonchev–Trinajstić information content (AvgIpc) is 3.33. The van der Waals surface area contributed by atoms with Crippen LogP contribution in [0.25, 0.3) is 0 Å². The lowest BCUT2D eigenvalue weighted by molar-refractivity contribution is -0.146. The first-order valence-corrected chi connectivity index (χ1v) is 26.6. The van der Waals surface area contributed by atoms with Gasteiger partial charge in [-0.3, -0.25) is 14.4 Å². The third-order valence-corrected chi connectivity index (χ3v) is 11.5. The molecule has 67 heavy (non-hydrogen) atoms. The number of likely N-dealkylation sites (N-methyl/N-ethyl adjacent to an activating group) is 1. The van der Waals surface area contributed by atoms with Crippen LogP contribution in [0.15, 0.2) is 24.3 Å². The minimum atomic E-state index is -0.183. The first kappa shape index (κ1) is 62.6. The molecule has 1 saturated heterocycles. The molecule has 14 heteroatoms. The number of allylic oxidation sites excluding steroid dienone is 2. The van der Waals surface area contributed by atoms with E-state index in [9.17, 15) is 14.4 Å². The van der Waals surface area contributed by atoms with Gasteiger partial charge in [0.1, 0.15) is 25.9 Å². The highest BCUT2D eigenvalue weighted by Crippen LogP contribution is 2.10. The van der Waals surface area contributed by atoms with Crippen LogP contribution >= 0.6 is 0 Å². The van der Waals surface area contributed by atoms with Crippen LogP contribution in [0.4, 0.5) is 0 Å². The van der Waals surface area contributed by atoms with E-state index in [2.05, 4.69) is 42.8 Å². The number of rotatable bonds is 50. The zero-order chi connectivity index (χ0) is 48.4. The van der Waals surface area contributed by atoms with Crippen molar-refractivity contribution in [3.05, 3.63) is 24.3 Å². The molecule has 0 spiro atoms. The van der Waals surface area contributed by atoms with Crippen LogP contribution in [0.5, 0.6) is 0 Å². The second-order valence-corrected chi connectivity index (χ2v) is 17.6. The average molecular weight is 955 g/mol. The summed E-state index contributed by atoms with van der Waals surface area (Å²) >= 11 is 0. The minimum Gasteiger partial charge on any atom is -0.463 e. The van der Waals surface area contributed by atoms with Gasteiger partial charge in [0, 0.05) is 58.8 Å². The van der Waals surface area contributed by atoms with Gasteiger partial charge >= 0.3 is 17.9 Å². The maximum atomic E-state index is 12.1. The Labute approximate surface area is 407 Å². The molecule has 0 N–H and O–H groups in total. The zero-order valence-electron chi connectivity index (χ0n) is 42.9. The van der Waals surface area contributed by atoms with Gasteiger partial charge in [-0.25, -0.2) is 0 Å². The molecule has 0 amide bonds. The molecule has 0 aromatic rings. The van der Waals surface area contributed by atoms with Gasteiger partial charge in [-0.2, -0.15) is 0 Å². The molecular formula is C53H98N2O12. The molecule has 1 unspecified atom stereocenters. The van der Waals surface area contributed by atoms with Crippen LogP contribution in [0.1, 0.15) is 162 Å². The summed E-state index contributed by atoms with van der Waals surface area (Å²) in [6.07, 6.45) is 31.2. The monoisotopic (exact) mass is 955 g/mol. The van der Waals surface area contributed by atoms with E-state index in [4.69, 9.17) is 42.6 Å². The van der Waals surface area contributed by atoms with Gasteiger partial charge in [0.25, 0.3) is 0 Å². The Morgan fingerprint density at radius 2 is 0.866 bits per heavy atom. The van der Waals surface area contributed by atoms with Crippen LogP contribution in [-0.4, -0.2) is 166 Å². The fraction of sp³-hybridized carbons (Fsp3) is 0.868. The number of piperazine rings is 1. The predicted molar refractivity (Wildman–Crippen MR) is 266 cm³/mol. The Bertz CT molecular complexity index is 1170. The molecule has 1 atom stereocenters. The van der Waals surface area contributed by atoms with Gasteiger partial charge in [-0.15, -0.1) is 0 Å². The molecule has 1 aliphatic rings. The lowest BCUT2D eigenvalue weighted by Gasteiger charge is -2.31. The molecule has 0 radical (unpaired) electrons. The van der Waals surface area contributed by atoms with E-state index < -0.39 is 0 Å². The second kappa shape index (κ2) is 50.0. The van der Waals surface area contributed by atoms with Crippen LogP contribution in [0.3, 0.4) is 0 Å². The molecule has 392 valence electrons. The third kappa shape index (κ3) is 45.8. The van der Waals surface area contributed by atoms with Crippen molar-refractivity contribution in [2.75, 3.05) is 132 Å². The highest BCUT2D eigenvalue weighted by molar-refractivity contribution is 5.70. The Balaban J connectivity index is 2.16. The van der Waals surface area contributed by atoms with Crippen LogP contribution < -0.4 is 0 Å². The number of esters is 3. The van der Waals surface area contributed by atoms with E-state index in [1.165, 1.54) is 51.4 Å². The SMILES string of the molecule is CCCCCC/C=C\COC(=O)CCCCCCCOCC(COCCOCCOCCOCCOC(=O)CCN1CCN(C)CC1)OCCCCCCCC(=O)OC/C=C\CCCCCC. The molecule has 0 bridgehead atoms. The third-order valence-electron chi connectivity index (χ3n) is 11.5. The topological polar surface area (TPSA) is 141 Å². The highest BCUT2D eigenvalue weighted by Gasteiger charge is 2.15. The van der Waals surface area contributed by atoms with Gasteiger partial charge in [-0.1, -0.05) is 115 Å². The lowest BCUT2D eigenvalue weighted by Crippen LogP contribution is -2.45. The normalized spacial score (nSPS) is 14.1. The molecule has 14 nitrogen and oxygen atoms in total.